The number of hydrogen-bond donors (Lipinski definition) is 2. The Balaban J connectivity index is 1.70. The number of fused-ring (bicyclic) bond motifs is 1. The third-order valence-electron chi connectivity index (χ3n) is 4.20. The monoisotopic (exact) mass is 331 g/mol. The first-order valence-corrected chi connectivity index (χ1v) is 8.07. The highest BCUT2D eigenvalue weighted by Gasteiger charge is 2.12. The molecule has 0 unspecified atom stereocenters. The molecule has 4 aromatic rings. The molecule has 25 heavy (non-hydrogen) atoms. The van der Waals surface area contributed by atoms with Crippen LogP contribution in [0, 0.1) is 0 Å². The van der Waals surface area contributed by atoms with Crippen molar-refractivity contribution in [1.82, 2.24) is 19.5 Å². The van der Waals surface area contributed by atoms with Gasteiger partial charge in [0.1, 0.15) is 0 Å². The number of nitrogen functional groups attached to an aromatic ring is 1. The largest absolute Gasteiger partial charge is 0.369 e. The SMILES string of the molecule is Nc1nc(=O)c2[nH]cnc2n1-c1cccc(CCc2ccccc2)c1. The van der Waals surface area contributed by atoms with Crippen molar-refractivity contribution in [3.05, 3.63) is 82.4 Å². The molecule has 6 heteroatoms. The number of hydrogen-bond acceptors (Lipinski definition) is 4. The highest BCUT2D eigenvalue weighted by Crippen LogP contribution is 2.19. The maximum Gasteiger partial charge on any atom is 0.300 e. The van der Waals surface area contributed by atoms with Gasteiger partial charge in [0, 0.05) is 0 Å². The molecular formula is C19H17N5O. The number of imidazole rings is 1. The molecule has 3 N–H and O–H groups in total. The molecule has 2 aromatic carbocycles. The molecule has 0 aliphatic carbocycles. The third kappa shape index (κ3) is 2.89. The zero-order chi connectivity index (χ0) is 17.2. The fourth-order valence-corrected chi connectivity index (χ4v) is 2.97. The van der Waals surface area contributed by atoms with Crippen molar-refractivity contribution >= 4 is 17.1 Å². The molecule has 4 rings (SSSR count). The van der Waals surface area contributed by atoms with Crippen molar-refractivity contribution < 1.29 is 0 Å². The van der Waals surface area contributed by atoms with E-state index in [1.807, 2.05) is 30.3 Å². The van der Waals surface area contributed by atoms with Crippen LogP contribution in [0.25, 0.3) is 16.9 Å². The predicted octanol–water partition coefficient (Wildman–Crippen LogP) is 2.48. The highest BCUT2D eigenvalue weighted by molar-refractivity contribution is 5.73. The average Bonchev–Trinajstić information content (AvgIpc) is 3.11. The van der Waals surface area contributed by atoms with Gasteiger partial charge < -0.3 is 10.7 Å². The summed E-state index contributed by atoms with van der Waals surface area (Å²) in [5.41, 5.74) is 9.75. The summed E-state index contributed by atoms with van der Waals surface area (Å²) in [6.45, 7) is 0. The third-order valence-corrected chi connectivity index (χ3v) is 4.20. The van der Waals surface area contributed by atoms with Gasteiger partial charge in [-0.3, -0.25) is 9.36 Å². The minimum absolute atomic E-state index is 0.129. The Labute approximate surface area is 144 Å². The smallest absolute Gasteiger partial charge is 0.300 e. The second kappa shape index (κ2) is 6.24. The Morgan fingerprint density at radius 2 is 1.76 bits per heavy atom. The summed E-state index contributed by atoms with van der Waals surface area (Å²) < 4.78 is 1.69. The molecule has 2 heterocycles. The topological polar surface area (TPSA) is 89.6 Å². The van der Waals surface area contributed by atoms with Crippen molar-refractivity contribution in [3.63, 3.8) is 0 Å². The lowest BCUT2D eigenvalue weighted by molar-refractivity contribution is 0.950. The van der Waals surface area contributed by atoms with Crippen molar-refractivity contribution in [2.45, 2.75) is 12.8 Å². The number of aryl methyl sites for hydroxylation is 2. The molecule has 0 saturated carbocycles. The van der Waals surface area contributed by atoms with E-state index in [0.717, 1.165) is 18.5 Å². The summed E-state index contributed by atoms with van der Waals surface area (Å²) >= 11 is 0. The van der Waals surface area contributed by atoms with Crippen molar-refractivity contribution in [2.75, 3.05) is 5.73 Å². The van der Waals surface area contributed by atoms with Gasteiger partial charge in [0.05, 0.1) is 12.0 Å². The zero-order valence-corrected chi connectivity index (χ0v) is 13.5. The Kier molecular flexibility index (Phi) is 3.78. The Bertz CT molecular complexity index is 1080. The standard InChI is InChI=1S/C19H17N5O/c20-19-23-18(25)16-17(22-12-21-16)24(19)15-8-4-7-14(11-15)10-9-13-5-2-1-3-6-13/h1-8,11-12H,9-10H2,(H,21,22)(H2,20,23,25). The molecule has 0 saturated heterocycles. The molecule has 0 amide bonds. The zero-order valence-electron chi connectivity index (χ0n) is 13.5. The minimum atomic E-state index is -0.401. The quantitative estimate of drug-likeness (QED) is 0.601. The number of H-pyrrole nitrogens is 1. The van der Waals surface area contributed by atoms with E-state index in [1.165, 1.54) is 17.5 Å². The van der Waals surface area contributed by atoms with Crippen LogP contribution in [-0.2, 0) is 12.8 Å². The number of aromatic amines is 1. The number of nitrogens with zero attached hydrogens (tertiary/aromatic N) is 3. The number of aromatic nitrogens is 4. The highest BCUT2D eigenvalue weighted by atomic mass is 16.1. The van der Waals surface area contributed by atoms with Gasteiger partial charge in [-0.2, -0.15) is 4.98 Å². The second-order valence-electron chi connectivity index (χ2n) is 5.87. The number of nitrogens with one attached hydrogen (secondary N) is 1. The number of anilines is 1. The second-order valence-corrected chi connectivity index (χ2v) is 5.87. The predicted molar refractivity (Wildman–Crippen MR) is 97.7 cm³/mol. The van der Waals surface area contributed by atoms with E-state index in [9.17, 15) is 4.79 Å². The van der Waals surface area contributed by atoms with Crippen LogP contribution in [0.15, 0.2) is 65.7 Å². The molecule has 6 nitrogen and oxygen atoms in total. The molecule has 0 radical (unpaired) electrons. The number of rotatable bonds is 4. The summed E-state index contributed by atoms with van der Waals surface area (Å²) in [5.74, 6) is 0.129. The Hall–Kier alpha value is -3.41. The van der Waals surface area contributed by atoms with E-state index >= 15 is 0 Å². The van der Waals surface area contributed by atoms with Crippen LogP contribution in [0.1, 0.15) is 11.1 Å². The summed E-state index contributed by atoms with van der Waals surface area (Å²) in [7, 11) is 0. The number of benzene rings is 2. The fourth-order valence-electron chi connectivity index (χ4n) is 2.97. The minimum Gasteiger partial charge on any atom is -0.369 e. The molecule has 0 atom stereocenters. The van der Waals surface area contributed by atoms with E-state index in [-0.39, 0.29) is 5.95 Å². The van der Waals surface area contributed by atoms with Crippen LogP contribution in [0.4, 0.5) is 5.95 Å². The van der Waals surface area contributed by atoms with Gasteiger partial charge in [0.25, 0.3) is 0 Å². The van der Waals surface area contributed by atoms with Crippen LogP contribution in [0.3, 0.4) is 0 Å². The summed E-state index contributed by atoms with van der Waals surface area (Å²) in [4.78, 5) is 22.8. The summed E-state index contributed by atoms with van der Waals surface area (Å²) in [6, 6.07) is 18.4. The first kappa shape index (κ1) is 15.1. The van der Waals surface area contributed by atoms with Crippen LogP contribution >= 0.6 is 0 Å². The molecule has 124 valence electrons. The van der Waals surface area contributed by atoms with E-state index in [4.69, 9.17) is 5.73 Å². The van der Waals surface area contributed by atoms with Gasteiger partial charge in [-0.1, -0.05) is 42.5 Å². The van der Waals surface area contributed by atoms with Crippen LogP contribution in [-0.4, -0.2) is 19.5 Å². The molecule has 0 fully saturated rings. The molecular weight excluding hydrogens is 314 g/mol. The van der Waals surface area contributed by atoms with E-state index in [2.05, 4.69) is 39.2 Å². The van der Waals surface area contributed by atoms with Gasteiger partial charge in [0.15, 0.2) is 11.2 Å². The van der Waals surface area contributed by atoms with Gasteiger partial charge >= 0.3 is 5.56 Å². The molecule has 0 aliphatic heterocycles. The molecule has 0 bridgehead atoms. The van der Waals surface area contributed by atoms with Gasteiger partial charge in [-0.15, -0.1) is 0 Å². The van der Waals surface area contributed by atoms with E-state index in [0.29, 0.717) is 11.2 Å². The Morgan fingerprint density at radius 3 is 2.60 bits per heavy atom. The first-order chi connectivity index (χ1) is 12.2. The number of nitrogens with two attached hydrogens (primary N) is 1. The fraction of sp³-hybridized carbons (Fsp3) is 0.105. The van der Waals surface area contributed by atoms with Gasteiger partial charge in [-0.05, 0) is 36.1 Å². The molecule has 0 spiro atoms. The lowest BCUT2D eigenvalue weighted by Gasteiger charge is -2.11. The van der Waals surface area contributed by atoms with Crippen LogP contribution in [0.2, 0.25) is 0 Å². The van der Waals surface area contributed by atoms with Crippen LogP contribution in [0.5, 0.6) is 0 Å². The van der Waals surface area contributed by atoms with Crippen molar-refractivity contribution in [3.8, 4) is 5.69 Å². The Morgan fingerprint density at radius 1 is 1.00 bits per heavy atom. The lowest BCUT2D eigenvalue weighted by Crippen LogP contribution is -2.17. The molecule has 0 aliphatic rings. The first-order valence-electron chi connectivity index (χ1n) is 8.07. The van der Waals surface area contributed by atoms with Crippen LogP contribution < -0.4 is 11.3 Å². The van der Waals surface area contributed by atoms with Crippen molar-refractivity contribution in [1.29, 1.82) is 0 Å². The average molecular weight is 331 g/mol. The van der Waals surface area contributed by atoms with Crippen molar-refractivity contribution in [2.24, 2.45) is 0 Å². The lowest BCUT2D eigenvalue weighted by atomic mass is 10.0. The summed E-state index contributed by atoms with van der Waals surface area (Å²) in [6.07, 6.45) is 3.35. The normalized spacial score (nSPS) is 11.0. The van der Waals surface area contributed by atoms with Gasteiger partial charge in [0.2, 0.25) is 5.95 Å². The van der Waals surface area contributed by atoms with E-state index < -0.39 is 5.56 Å². The summed E-state index contributed by atoms with van der Waals surface area (Å²) in [5, 5.41) is 0. The molecule has 2 aromatic heterocycles. The maximum atomic E-state index is 11.9. The van der Waals surface area contributed by atoms with E-state index in [1.54, 1.807) is 4.57 Å². The maximum absolute atomic E-state index is 11.9. The van der Waals surface area contributed by atoms with Gasteiger partial charge in [-0.25, -0.2) is 4.98 Å².